The van der Waals surface area contributed by atoms with E-state index in [0.717, 1.165) is 17.7 Å². The lowest BCUT2D eigenvalue weighted by Crippen LogP contribution is -2.05. The lowest BCUT2D eigenvalue weighted by Gasteiger charge is -2.00. The third-order valence-electron chi connectivity index (χ3n) is 2.51. The summed E-state index contributed by atoms with van der Waals surface area (Å²) in [6, 6.07) is 10.3. The summed E-state index contributed by atoms with van der Waals surface area (Å²) in [6.45, 7) is 2.12. The maximum Gasteiger partial charge on any atom is 0.218 e. The third-order valence-corrected chi connectivity index (χ3v) is 2.51. The molecular formula is C12H12N2O. The van der Waals surface area contributed by atoms with E-state index in [9.17, 15) is 0 Å². The predicted molar refractivity (Wildman–Crippen MR) is 57.5 cm³/mol. The van der Waals surface area contributed by atoms with Crippen LogP contribution in [0, 0.1) is 11.3 Å². The van der Waals surface area contributed by atoms with E-state index < -0.39 is 6.10 Å². The molecule has 0 unspecified atom stereocenters. The first-order valence-electron chi connectivity index (χ1n) is 5.05. The van der Waals surface area contributed by atoms with Gasteiger partial charge in [0.25, 0.3) is 0 Å². The van der Waals surface area contributed by atoms with Gasteiger partial charge in [-0.2, -0.15) is 5.26 Å². The van der Waals surface area contributed by atoms with Crippen LogP contribution in [0.5, 0.6) is 0 Å². The maximum absolute atomic E-state index is 8.66. The van der Waals surface area contributed by atoms with Crippen molar-refractivity contribution in [2.45, 2.75) is 25.9 Å². The summed E-state index contributed by atoms with van der Waals surface area (Å²) < 4.78 is 0. The van der Waals surface area contributed by atoms with Gasteiger partial charge in [0.2, 0.25) is 6.10 Å². The van der Waals surface area contributed by atoms with Crippen molar-refractivity contribution in [1.29, 1.82) is 5.26 Å². The Morgan fingerprint density at radius 2 is 2.20 bits per heavy atom. The maximum atomic E-state index is 8.66. The molecule has 1 aromatic carbocycles. The molecule has 1 heterocycles. The molecule has 0 aliphatic carbocycles. The zero-order valence-corrected chi connectivity index (χ0v) is 8.60. The number of oxime groups is 1. The molecule has 1 atom stereocenters. The molecule has 1 aromatic rings. The molecule has 0 bridgehead atoms. The van der Waals surface area contributed by atoms with Crippen LogP contribution in [0.3, 0.4) is 0 Å². The molecule has 0 saturated heterocycles. The van der Waals surface area contributed by atoms with Gasteiger partial charge in [-0.15, -0.1) is 0 Å². The van der Waals surface area contributed by atoms with E-state index in [4.69, 9.17) is 10.1 Å². The minimum atomic E-state index is -0.411. The smallest absolute Gasteiger partial charge is 0.218 e. The summed E-state index contributed by atoms with van der Waals surface area (Å²) >= 11 is 0. The van der Waals surface area contributed by atoms with E-state index >= 15 is 0 Å². The van der Waals surface area contributed by atoms with Crippen molar-refractivity contribution in [1.82, 2.24) is 0 Å². The van der Waals surface area contributed by atoms with Crippen molar-refractivity contribution in [3.8, 4) is 6.07 Å². The van der Waals surface area contributed by atoms with Crippen LogP contribution in [0.1, 0.15) is 24.5 Å². The fraction of sp³-hybridized carbons (Fsp3) is 0.333. The van der Waals surface area contributed by atoms with E-state index in [0.29, 0.717) is 6.42 Å². The van der Waals surface area contributed by atoms with Gasteiger partial charge in [0.15, 0.2) is 0 Å². The van der Waals surface area contributed by atoms with E-state index in [1.54, 1.807) is 0 Å². The van der Waals surface area contributed by atoms with Gasteiger partial charge < -0.3 is 4.84 Å². The van der Waals surface area contributed by atoms with Gasteiger partial charge in [0.1, 0.15) is 6.07 Å². The van der Waals surface area contributed by atoms with E-state index in [1.807, 2.05) is 18.2 Å². The summed E-state index contributed by atoms with van der Waals surface area (Å²) in [7, 11) is 0. The van der Waals surface area contributed by atoms with Crippen LogP contribution in [-0.2, 0) is 11.3 Å². The van der Waals surface area contributed by atoms with Crippen molar-refractivity contribution in [2.24, 2.45) is 5.16 Å². The van der Waals surface area contributed by atoms with Gasteiger partial charge in [-0.1, -0.05) is 36.3 Å². The standard InChI is InChI=1S/C12H12N2O/c1-2-9-3-5-10(6-4-9)12-7-11(8-13)15-14-12/h3-6,11H,2,7H2,1H3/t11-/m1/s1. The Bertz CT molecular complexity index is 414. The van der Waals surface area contributed by atoms with E-state index in [1.165, 1.54) is 5.56 Å². The Kier molecular flexibility index (Phi) is 2.68. The molecule has 1 aliphatic rings. The Balaban J connectivity index is 2.15. The number of nitriles is 1. The molecule has 15 heavy (non-hydrogen) atoms. The molecule has 1 aliphatic heterocycles. The number of aryl methyl sites for hydroxylation is 1. The van der Waals surface area contributed by atoms with Crippen LogP contribution in [0.4, 0.5) is 0 Å². The van der Waals surface area contributed by atoms with Crippen LogP contribution in [-0.4, -0.2) is 11.8 Å². The molecule has 76 valence electrons. The molecule has 3 heteroatoms. The highest BCUT2D eigenvalue weighted by molar-refractivity contribution is 6.01. The SMILES string of the molecule is CCc1ccc(C2=NO[C@@H](C#N)C2)cc1. The molecule has 0 aromatic heterocycles. The van der Waals surface area contributed by atoms with Crippen molar-refractivity contribution in [3.63, 3.8) is 0 Å². The molecule has 3 nitrogen and oxygen atoms in total. The van der Waals surface area contributed by atoms with Gasteiger partial charge in [-0.25, -0.2) is 0 Å². The summed E-state index contributed by atoms with van der Waals surface area (Å²) in [6.07, 6.45) is 1.21. The van der Waals surface area contributed by atoms with Crippen LogP contribution in [0.25, 0.3) is 0 Å². The molecule has 0 saturated carbocycles. The first-order chi connectivity index (χ1) is 7.33. The Labute approximate surface area is 89.0 Å². The second-order valence-electron chi connectivity index (χ2n) is 3.52. The number of benzene rings is 1. The average molecular weight is 200 g/mol. The molecular weight excluding hydrogens is 188 g/mol. The van der Waals surface area contributed by atoms with Crippen molar-refractivity contribution >= 4 is 5.71 Å². The highest BCUT2D eigenvalue weighted by Gasteiger charge is 2.21. The van der Waals surface area contributed by atoms with Crippen molar-refractivity contribution < 1.29 is 4.84 Å². The molecule has 0 radical (unpaired) electrons. The highest BCUT2D eigenvalue weighted by Crippen LogP contribution is 2.16. The Morgan fingerprint density at radius 1 is 1.47 bits per heavy atom. The van der Waals surface area contributed by atoms with Gasteiger partial charge in [-0.05, 0) is 17.5 Å². The minimum Gasteiger partial charge on any atom is -0.376 e. The van der Waals surface area contributed by atoms with Gasteiger partial charge in [0, 0.05) is 6.42 Å². The molecule has 0 spiro atoms. The third kappa shape index (κ3) is 1.99. The summed E-state index contributed by atoms with van der Waals surface area (Å²) in [4.78, 5) is 4.95. The van der Waals surface area contributed by atoms with Crippen LogP contribution in [0.2, 0.25) is 0 Å². The zero-order valence-electron chi connectivity index (χ0n) is 8.60. The quantitative estimate of drug-likeness (QED) is 0.735. The summed E-state index contributed by atoms with van der Waals surface area (Å²) in [5.41, 5.74) is 3.21. The second-order valence-corrected chi connectivity index (χ2v) is 3.52. The predicted octanol–water partition coefficient (Wildman–Crippen LogP) is 2.27. The lowest BCUT2D eigenvalue weighted by molar-refractivity contribution is 0.125. The topological polar surface area (TPSA) is 45.4 Å². The molecule has 0 N–H and O–H groups in total. The molecule has 0 amide bonds. The van der Waals surface area contributed by atoms with Crippen LogP contribution in [0.15, 0.2) is 29.4 Å². The number of nitrogens with zero attached hydrogens (tertiary/aromatic N) is 2. The monoisotopic (exact) mass is 200 g/mol. The first kappa shape index (κ1) is 9.72. The van der Waals surface area contributed by atoms with E-state index in [-0.39, 0.29) is 0 Å². The number of hydrogen-bond donors (Lipinski definition) is 0. The number of hydrogen-bond acceptors (Lipinski definition) is 3. The Hall–Kier alpha value is -1.82. The molecule has 2 rings (SSSR count). The fourth-order valence-electron chi connectivity index (χ4n) is 1.55. The van der Waals surface area contributed by atoms with E-state index in [2.05, 4.69) is 24.2 Å². The van der Waals surface area contributed by atoms with Crippen molar-refractivity contribution in [3.05, 3.63) is 35.4 Å². The van der Waals surface area contributed by atoms with Gasteiger partial charge in [0.05, 0.1) is 5.71 Å². The average Bonchev–Trinajstić information content (AvgIpc) is 2.78. The minimum absolute atomic E-state index is 0.411. The van der Waals surface area contributed by atoms with Gasteiger partial charge in [-0.3, -0.25) is 0 Å². The van der Waals surface area contributed by atoms with Gasteiger partial charge >= 0.3 is 0 Å². The second kappa shape index (κ2) is 4.14. The fourth-order valence-corrected chi connectivity index (χ4v) is 1.55. The van der Waals surface area contributed by atoms with Crippen LogP contribution < -0.4 is 0 Å². The lowest BCUT2D eigenvalue weighted by atomic mass is 10.0. The molecule has 0 fully saturated rings. The zero-order chi connectivity index (χ0) is 10.7. The Morgan fingerprint density at radius 3 is 2.73 bits per heavy atom. The largest absolute Gasteiger partial charge is 0.376 e. The normalized spacial score (nSPS) is 19.2. The summed E-state index contributed by atoms with van der Waals surface area (Å²) in [5.74, 6) is 0. The number of rotatable bonds is 2. The first-order valence-corrected chi connectivity index (χ1v) is 5.05. The van der Waals surface area contributed by atoms with Crippen molar-refractivity contribution in [2.75, 3.05) is 0 Å². The van der Waals surface area contributed by atoms with Crippen LogP contribution >= 0.6 is 0 Å². The summed E-state index contributed by atoms with van der Waals surface area (Å²) in [5, 5.41) is 12.6. The highest BCUT2D eigenvalue weighted by atomic mass is 16.6.